The molecule has 0 spiro atoms. The smallest absolute Gasteiger partial charge is 0.272 e. The first-order chi connectivity index (χ1) is 11.2. The number of benzene rings is 1. The van der Waals surface area contributed by atoms with Crippen molar-refractivity contribution in [1.29, 1.82) is 0 Å². The van der Waals surface area contributed by atoms with E-state index in [0.717, 1.165) is 12.0 Å². The van der Waals surface area contributed by atoms with Crippen molar-refractivity contribution in [3.63, 3.8) is 0 Å². The molecule has 6 heteroatoms. The minimum absolute atomic E-state index is 0.178. The fourth-order valence-electron chi connectivity index (χ4n) is 2.39. The van der Waals surface area contributed by atoms with Gasteiger partial charge in [-0.15, -0.1) is 0 Å². The number of imidazole rings is 1. The van der Waals surface area contributed by atoms with Gasteiger partial charge in [0.2, 0.25) is 5.78 Å². The number of amides is 1. The summed E-state index contributed by atoms with van der Waals surface area (Å²) in [5.74, 6) is 0.125. The van der Waals surface area contributed by atoms with Crippen LogP contribution >= 0.6 is 0 Å². The predicted molar refractivity (Wildman–Crippen MR) is 86.1 cm³/mol. The standard InChI is InChI=1S/C17H18N4O2/c1-2-12-4-6-13(7-5-12)15(11-22)19-16(23)14-10-21-9-3-8-18-17(21)20-14/h3-10,15,22H,2,11H2,1H3,(H,19,23). The van der Waals surface area contributed by atoms with Crippen LogP contribution in [0.3, 0.4) is 0 Å². The highest BCUT2D eigenvalue weighted by molar-refractivity contribution is 5.93. The summed E-state index contributed by atoms with van der Waals surface area (Å²) in [6.45, 7) is 1.90. The van der Waals surface area contributed by atoms with Crippen LogP contribution in [0.5, 0.6) is 0 Å². The molecule has 23 heavy (non-hydrogen) atoms. The first kappa shape index (κ1) is 15.2. The summed E-state index contributed by atoms with van der Waals surface area (Å²) >= 11 is 0. The summed E-state index contributed by atoms with van der Waals surface area (Å²) in [7, 11) is 0. The van der Waals surface area contributed by atoms with E-state index in [4.69, 9.17) is 0 Å². The Morgan fingerprint density at radius 3 is 2.78 bits per heavy atom. The van der Waals surface area contributed by atoms with E-state index in [1.807, 2.05) is 24.3 Å². The Morgan fingerprint density at radius 2 is 2.13 bits per heavy atom. The van der Waals surface area contributed by atoms with E-state index >= 15 is 0 Å². The third-order valence-electron chi connectivity index (χ3n) is 3.75. The van der Waals surface area contributed by atoms with Crippen LogP contribution in [0.2, 0.25) is 0 Å². The van der Waals surface area contributed by atoms with Crippen LogP contribution < -0.4 is 5.32 Å². The minimum atomic E-state index is -0.467. The Bertz CT molecular complexity index is 778. The van der Waals surface area contributed by atoms with Crippen molar-refractivity contribution in [2.75, 3.05) is 6.61 Å². The van der Waals surface area contributed by atoms with Gasteiger partial charge >= 0.3 is 0 Å². The fourth-order valence-corrected chi connectivity index (χ4v) is 2.39. The number of nitrogens with one attached hydrogen (secondary N) is 1. The molecule has 2 aromatic heterocycles. The lowest BCUT2D eigenvalue weighted by Gasteiger charge is -2.16. The van der Waals surface area contributed by atoms with Gasteiger partial charge in [0.1, 0.15) is 5.69 Å². The molecule has 1 atom stereocenters. The molecule has 1 unspecified atom stereocenters. The lowest BCUT2D eigenvalue weighted by atomic mass is 10.0. The average Bonchev–Trinajstić information content (AvgIpc) is 3.04. The van der Waals surface area contributed by atoms with Gasteiger partial charge in [0.25, 0.3) is 5.91 Å². The zero-order valence-corrected chi connectivity index (χ0v) is 12.8. The van der Waals surface area contributed by atoms with Crippen LogP contribution in [-0.2, 0) is 6.42 Å². The largest absolute Gasteiger partial charge is 0.394 e. The van der Waals surface area contributed by atoms with E-state index in [-0.39, 0.29) is 18.2 Å². The lowest BCUT2D eigenvalue weighted by Crippen LogP contribution is -2.31. The quantitative estimate of drug-likeness (QED) is 0.752. The number of aliphatic hydroxyl groups is 1. The van der Waals surface area contributed by atoms with Crippen LogP contribution in [0.1, 0.15) is 34.6 Å². The minimum Gasteiger partial charge on any atom is -0.394 e. The SMILES string of the molecule is CCc1ccc(C(CO)NC(=O)c2cn3cccnc3n2)cc1. The monoisotopic (exact) mass is 310 g/mol. The number of rotatable bonds is 5. The van der Waals surface area contributed by atoms with E-state index in [1.165, 1.54) is 5.56 Å². The molecule has 6 nitrogen and oxygen atoms in total. The summed E-state index contributed by atoms with van der Waals surface area (Å²) < 4.78 is 1.68. The molecular formula is C17H18N4O2. The molecule has 0 aliphatic heterocycles. The van der Waals surface area contributed by atoms with Gasteiger partial charge in [-0.05, 0) is 23.6 Å². The summed E-state index contributed by atoms with van der Waals surface area (Å²) in [5, 5.41) is 12.4. The summed E-state index contributed by atoms with van der Waals surface area (Å²) in [4.78, 5) is 20.6. The lowest BCUT2D eigenvalue weighted by molar-refractivity contribution is 0.0911. The van der Waals surface area contributed by atoms with Crippen molar-refractivity contribution in [1.82, 2.24) is 19.7 Å². The molecule has 3 aromatic rings. The van der Waals surface area contributed by atoms with Crippen LogP contribution in [0.4, 0.5) is 0 Å². The molecule has 1 amide bonds. The molecule has 2 heterocycles. The van der Waals surface area contributed by atoms with E-state index in [1.54, 1.807) is 29.1 Å². The van der Waals surface area contributed by atoms with E-state index in [0.29, 0.717) is 5.78 Å². The van der Waals surface area contributed by atoms with Gasteiger partial charge < -0.3 is 10.4 Å². The highest BCUT2D eigenvalue weighted by Gasteiger charge is 2.17. The first-order valence-corrected chi connectivity index (χ1v) is 7.51. The van der Waals surface area contributed by atoms with Crippen molar-refractivity contribution in [2.24, 2.45) is 0 Å². The number of carbonyl (C=O) groups excluding carboxylic acids is 1. The molecule has 0 fully saturated rings. The Labute approximate surface area is 133 Å². The highest BCUT2D eigenvalue weighted by Crippen LogP contribution is 2.15. The molecule has 118 valence electrons. The Morgan fingerprint density at radius 1 is 1.35 bits per heavy atom. The van der Waals surface area contributed by atoms with E-state index < -0.39 is 6.04 Å². The van der Waals surface area contributed by atoms with Crippen molar-refractivity contribution in [3.8, 4) is 0 Å². The third-order valence-corrected chi connectivity index (χ3v) is 3.75. The van der Waals surface area contributed by atoms with E-state index in [2.05, 4.69) is 22.2 Å². The maximum atomic E-state index is 12.4. The van der Waals surface area contributed by atoms with Crippen molar-refractivity contribution in [2.45, 2.75) is 19.4 Å². The van der Waals surface area contributed by atoms with Gasteiger partial charge in [-0.2, -0.15) is 0 Å². The molecule has 0 bridgehead atoms. The second-order valence-electron chi connectivity index (χ2n) is 5.26. The molecule has 2 N–H and O–H groups in total. The zero-order chi connectivity index (χ0) is 16.2. The van der Waals surface area contributed by atoms with Crippen LogP contribution in [0.15, 0.2) is 48.9 Å². The second-order valence-corrected chi connectivity index (χ2v) is 5.26. The molecule has 0 saturated carbocycles. The van der Waals surface area contributed by atoms with Gasteiger partial charge in [0.05, 0.1) is 12.6 Å². The molecule has 0 radical (unpaired) electrons. The molecular weight excluding hydrogens is 292 g/mol. The number of hydrogen-bond donors (Lipinski definition) is 2. The predicted octanol–water partition coefficient (Wildman–Crippen LogP) is 1.76. The number of hydrogen-bond acceptors (Lipinski definition) is 4. The van der Waals surface area contributed by atoms with Crippen molar-refractivity contribution >= 4 is 11.7 Å². The first-order valence-electron chi connectivity index (χ1n) is 7.51. The maximum Gasteiger partial charge on any atom is 0.272 e. The fraction of sp³-hybridized carbons (Fsp3) is 0.235. The second kappa shape index (κ2) is 6.58. The van der Waals surface area contributed by atoms with Crippen LogP contribution in [0, 0.1) is 0 Å². The number of nitrogens with zero attached hydrogens (tertiary/aromatic N) is 3. The van der Waals surface area contributed by atoms with Gasteiger partial charge in [0.15, 0.2) is 0 Å². The Hall–Kier alpha value is -2.73. The molecule has 1 aromatic carbocycles. The molecule has 3 rings (SSSR count). The Balaban J connectivity index is 1.78. The van der Waals surface area contributed by atoms with Crippen molar-refractivity contribution < 1.29 is 9.90 Å². The zero-order valence-electron chi connectivity index (χ0n) is 12.8. The van der Waals surface area contributed by atoms with Crippen LogP contribution in [-0.4, -0.2) is 32.0 Å². The summed E-state index contributed by atoms with van der Waals surface area (Å²) in [6.07, 6.45) is 5.96. The summed E-state index contributed by atoms with van der Waals surface area (Å²) in [5.41, 5.74) is 2.34. The number of aryl methyl sites for hydroxylation is 1. The normalized spacial score (nSPS) is 12.3. The highest BCUT2D eigenvalue weighted by atomic mass is 16.3. The third kappa shape index (κ3) is 3.22. The number of fused-ring (bicyclic) bond motifs is 1. The number of carbonyl (C=O) groups is 1. The van der Waals surface area contributed by atoms with Gasteiger partial charge in [-0.3, -0.25) is 9.20 Å². The molecule has 0 saturated heterocycles. The van der Waals surface area contributed by atoms with Gasteiger partial charge in [-0.1, -0.05) is 31.2 Å². The topological polar surface area (TPSA) is 79.5 Å². The molecule has 0 aliphatic rings. The Kier molecular flexibility index (Phi) is 4.34. The maximum absolute atomic E-state index is 12.4. The van der Waals surface area contributed by atoms with E-state index in [9.17, 15) is 9.90 Å². The summed E-state index contributed by atoms with van der Waals surface area (Å²) in [6, 6.07) is 9.14. The van der Waals surface area contributed by atoms with Gasteiger partial charge in [-0.25, -0.2) is 9.97 Å². The number of aliphatic hydroxyl groups excluding tert-OH is 1. The molecule has 0 aliphatic carbocycles. The van der Waals surface area contributed by atoms with Crippen LogP contribution in [0.25, 0.3) is 5.78 Å². The van der Waals surface area contributed by atoms with Gasteiger partial charge in [0, 0.05) is 18.6 Å². The number of aromatic nitrogens is 3. The average molecular weight is 310 g/mol. The van der Waals surface area contributed by atoms with Crippen molar-refractivity contribution in [3.05, 3.63) is 65.7 Å².